The molecule has 0 aromatic heterocycles. The molecule has 0 radical (unpaired) electrons. The van der Waals surface area contributed by atoms with Crippen LogP contribution in [0, 0.1) is 6.00 Å². The van der Waals surface area contributed by atoms with Gasteiger partial charge in [0.05, 0.1) is 0 Å². The van der Waals surface area contributed by atoms with Gasteiger partial charge in [0.1, 0.15) is 0 Å². The molecule has 0 heterocycles. The monoisotopic (exact) mass is 458 g/mol. The average molecular weight is 458 g/mol. The molecule has 0 aliphatic heterocycles. The van der Waals surface area contributed by atoms with E-state index in [-0.39, 0.29) is 0 Å². The summed E-state index contributed by atoms with van der Waals surface area (Å²) < 4.78 is -2.56. The third-order valence-corrected chi connectivity index (χ3v) is 17.2. The molecule has 0 saturated heterocycles. The van der Waals surface area contributed by atoms with E-state index < -0.39 is 4.25 Å². The molecule has 0 nitrogen and oxygen atoms in total. The first kappa shape index (κ1) is 17.6. The second kappa shape index (κ2) is 7.37. The van der Waals surface area contributed by atoms with Crippen LogP contribution in [0.3, 0.4) is 0 Å². The van der Waals surface area contributed by atoms with E-state index in [1.54, 1.807) is 0 Å². The molecule has 0 saturated carbocycles. The summed E-state index contributed by atoms with van der Waals surface area (Å²) in [5.74, 6) is 0. The Morgan fingerprint density at radius 2 is 1.00 bits per heavy atom. The maximum absolute atomic E-state index is 5.97. The van der Waals surface area contributed by atoms with E-state index in [2.05, 4.69) is 113 Å². The summed E-state index contributed by atoms with van der Waals surface area (Å²) in [5.41, 5.74) is 0. The molecule has 24 heavy (non-hydrogen) atoms. The fourth-order valence-electron chi connectivity index (χ4n) is 3.33. The van der Waals surface area contributed by atoms with Gasteiger partial charge in [-0.15, -0.1) is 0 Å². The predicted molar refractivity (Wildman–Crippen MR) is 120 cm³/mol. The van der Waals surface area contributed by atoms with Crippen LogP contribution in [-0.2, 0) is 0 Å². The Morgan fingerprint density at radius 1 is 0.667 bits per heavy atom. The normalized spacial score (nSPS) is 12.8. The van der Waals surface area contributed by atoms with Gasteiger partial charge in [-0.25, -0.2) is 0 Å². The van der Waals surface area contributed by atoms with Crippen LogP contribution in [-0.4, -0.2) is 15.1 Å². The Hall–Kier alpha value is -1.18. The molecule has 3 aromatic carbocycles. The van der Waals surface area contributed by atoms with Crippen LogP contribution in [0.2, 0.25) is 6.04 Å². The zero-order valence-corrected chi connectivity index (χ0v) is 17.5. The molecule has 0 unspecified atom stereocenters. The van der Waals surface area contributed by atoms with Crippen molar-refractivity contribution in [1.29, 1.82) is 0 Å². The first-order valence-corrected chi connectivity index (χ1v) is 14.5. The van der Waals surface area contributed by atoms with Crippen LogP contribution in [0.25, 0.3) is 0 Å². The molecule has 0 N–H and O–H groups in total. The van der Waals surface area contributed by atoms with Crippen molar-refractivity contribution in [2.24, 2.45) is 0 Å². The van der Waals surface area contributed by atoms with Gasteiger partial charge in [0.25, 0.3) is 0 Å². The number of hydrogen-bond donors (Lipinski definition) is 0. The Labute approximate surface area is 159 Å². The van der Waals surface area contributed by atoms with E-state index >= 15 is 0 Å². The van der Waals surface area contributed by atoms with Crippen LogP contribution >= 0.6 is 26.3 Å². The number of rotatable bonds is 5. The van der Waals surface area contributed by atoms with E-state index in [1.165, 1.54) is 15.9 Å². The van der Waals surface area contributed by atoms with E-state index in [4.69, 9.17) is 6.00 Å². The molecular formula is C21H20IPSi. The van der Waals surface area contributed by atoms with Gasteiger partial charge in [0.2, 0.25) is 0 Å². The first-order chi connectivity index (χ1) is 11.7. The van der Waals surface area contributed by atoms with Gasteiger partial charge in [0.15, 0.2) is 0 Å². The Morgan fingerprint density at radius 3 is 1.29 bits per heavy atom. The molecule has 0 aliphatic carbocycles. The fourth-order valence-corrected chi connectivity index (χ4v) is 14.6. The summed E-state index contributed by atoms with van der Waals surface area (Å²) in [6, 6.07) is 40.0. The minimum absolute atomic E-state index is 0.475. The van der Waals surface area contributed by atoms with Gasteiger partial charge in [-0.2, -0.15) is 0 Å². The molecule has 0 amide bonds. The van der Waals surface area contributed by atoms with Crippen molar-refractivity contribution in [3.8, 4) is 6.00 Å². The summed E-state index contributed by atoms with van der Waals surface area (Å²) in [5, 5.41) is 4.29. The van der Waals surface area contributed by atoms with Crippen molar-refractivity contribution in [3.05, 3.63) is 91.0 Å². The quantitative estimate of drug-likeness (QED) is 0.299. The summed E-state index contributed by atoms with van der Waals surface area (Å²) in [6.45, 7) is 0. The Kier molecular flexibility index (Phi) is 5.41. The van der Waals surface area contributed by atoms with Crippen molar-refractivity contribution in [2.75, 3.05) is 6.16 Å². The Bertz CT molecular complexity index is 742. The van der Waals surface area contributed by atoms with Crippen molar-refractivity contribution >= 4 is 51.2 Å². The van der Waals surface area contributed by atoms with Crippen LogP contribution in [0.4, 0.5) is 0 Å². The number of hydrogen-bond acceptors (Lipinski definition) is 0. The third-order valence-electron chi connectivity index (χ3n) is 4.56. The molecule has 0 atom stereocenters. The topological polar surface area (TPSA) is 0 Å². The van der Waals surface area contributed by atoms with Gasteiger partial charge < -0.3 is 0 Å². The molecule has 0 aliphatic rings. The predicted octanol–water partition coefficient (Wildman–Crippen LogP) is 4.58. The second-order valence-corrected chi connectivity index (χ2v) is 17.5. The maximum atomic E-state index is 5.97. The van der Waals surface area contributed by atoms with Crippen molar-refractivity contribution in [3.63, 3.8) is 0 Å². The van der Waals surface area contributed by atoms with Gasteiger partial charge in [0, 0.05) is 0 Å². The van der Waals surface area contributed by atoms with Gasteiger partial charge in [-0.1, -0.05) is 0 Å². The van der Waals surface area contributed by atoms with Crippen LogP contribution in [0.1, 0.15) is 0 Å². The number of benzene rings is 3. The standard InChI is InChI=1S/C21H20IPSi/c1-24-18-17-23(22,19-11-5-2-6-12-19,20-13-7-3-8-14-20)21-15-9-4-10-16-21/h1-16H,17-18H2. The summed E-state index contributed by atoms with van der Waals surface area (Å²) in [4.78, 5) is 0. The van der Waals surface area contributed by atoms with Crippen LogP contribution < -0.4 is 15.9 Å². The zero-order chi connectivity index (χ0) is 16.9. The minimum atomic E-state index is -2.56. The third kappa shape index (κ3) is 2.93. The van der Waals surface area contributed by atoms with E-state index in [0.29, 0.717) is 8.96 Å². The molecule has 0 bridgehead atoms. The van der Waals surface area contributed by atoms with Crippen molar-refractivity contribution in [2.45, 2.75) is 6.04 Å². The first-order valence-electron chi connectivity index (χ1n) is 8.03. The van der Waals surface area contributed by atoms with E-state index in [9.17, 15) is 0 Å². The number of halogens is 1. The van der Waals surface area contributed by atoms with Crippen molar-refractivity contribution in [1.82, 2.24) is 0 Å². The zero-order valence-electron chi connectivity index (χ0n) is 13.5. The second-order valence-electron chi connectivity index (χ2n) is 5.87. The molecule has 0 fully saturated rings. The van der Waals surface area contributed by atoms with E-state index in [1.807, 2.05) is 0 Å². The van der Waals surface area contributed by atoms with Gasteiger partial charge >= 0.3 is 160 Å². The molecule has 3 aromatic rings. The van der Waals surface area contributed by atoms with Crippen LogP contribution in [0.5, 0.6) is 0 Å². The average Bonchev–Trinajstić information content (AvgIpc) is 2.68. The molecule has 3 rings (SSSR count). The van der Waals surface area contributed by atoms with Crippen molar-refractivity contribution < 1.29 is 0 Å². The fraction of sp³-hybridized carbons (Fsp3) is 0.0952. The van der Waals surface area contributed by atoms with Gasteiger partial charge in [-0.05, 0) is 0 Å². The van der Waals surface area contributed by atoms with Crippen LogP contribution in [0.15, 0.2) is 91.0 Å². The molecule has 0 spiro atoms. The Balaban J connectivity index is 2.40. The molecule has 3 heteroatoms. The summed E-state index contributed by atoms with van der Waals surface area (Å²) in [7, 11) is 0.475. The van der Waals surface area contributed by atoms with Gasteiger partial charge in [-0.3, -0.25) is 0 Å². The van der Waals surface area contributed by atoms with E-state index in [0.717, 1.165) is 12.2 Å². The molecule has 120 valence electrons. The molecular weight excluding hydrogens is 438 g/mol. The SMILES string of the molecule is C#[Si]CCP(I)(c1ccccc1)(c1ccccc1)c1ccccc1. The summed E-state index contributed by atoms with van der Waals surface area (Å²) >= 11 is 2.81. The summed E-state index contributed by atoms with van der Waals surface area (Å²) in [6.07, 6.45) is 1.10.